The summed E-state index contributed by atoms with van der Waals surface area (Å²) < 4.78 is 5.67. The lowest BCUT2D eigenvalue weighted by molar-refractivity contribution is 0.167. The molecule has 3 rings (SSSR count). The summed E-state index contributed by atoms with van der Waals surface area (Å²) in [6.07, 6.45) is 5.52. The van der Waals surface area contributed by atoms with E-state index >= 15 is 0 Å². The maximum absolute atomic E-state index is 5.67. The van der Waals surface area contributed by atoms with Crippen LogP contribution in [0.1, 0.15) is 37.5 Å². The number of nitrogens with zero attached hydrogens (tertiary/aromatic N) is 2. The Hall–Kier alpha value is -1.55. The van der Waals surface area contributed by atoms with E-state index in [1.54, 1.807) is 6.26 Å². The van der Waals surface area contributed by atoms with Gasteiger partial charge < -0.3 is 14.6 Å². The first-order valence-electron chi connectivity index (χ1n) is 7.84. The quantitative estimate of drug-likeness (QED) is 0.671. The monoisotopic (exact) mass is 287 g/mol. The second-order valence-electron chi connectivity index (χ2n) is 6.52. The molecule has 1 aromatic heterocycles. The fraction of sp³-hybridized carbons (Fsp3) is 0.588. The molecule has 0 unspecified atom stereocenters. The maximum Gasteiger partial charge on any atom is 0.172 e. The fourth-order valence-corrected chi connectivity index (χ4v) is 3.46. The molecule has 3 heterocycles. The number of allylic oxidation sites excluding steroid dienone is 1. The summed E-state index contributed by atoms with van der Waals surface area (Å²) >= 11 is 0. The lowest BCUT2D eigenvalue weighted by Crippen LogP contribution is -2.44. The van der Waals surface area contributed by atoms with Gasteiger partial charge in [0.2, 0.25) is 0 Å². The molecule has 0 atom stereocenters. The van der Waals surface area contributed by atoms with E-state index in [2.05, 4.69) is 28.7 Å². The van der Waals surface area contributed by atoms with Crippen LogP contribution in [0.5, 0.6) is 0 Å². The normalized spacial score (nSPS) is 22.0. The summed E-state index contributed by atoms with van der Waals surface area (Å²) in [5.41, 5.74) is 2.48. The third kappa shape index (κ3) is 2.91. The third-order valence-corrected chi connectivity index (χ3v) is 4.82. The second kappa shape index (κ2) is 5.68. The van der Waals surface area contributed by atoms with Gasteiger partial charge in [-0.1, -0.05) is 6.58 Å². The Balaban J connectivity index is 1.79. The van der Waals surface area contributed by atoms with Gasteiger partial charge in [0.15, 0.2) is 11.6 Å². The molecule has 114 valence electrons. The predicted molar refractivity (Wildman–Crippen MR) is 85.5 cm³/mol. The molecule has 0 bridgehead atoms. The van der Waals surface area contributed by atoms with E-state index in [4.69, 9.17) is 4.42 Å². The molecule has 0 aromatic carbocycles. The number of hydrogen-bond acceptors (Lipinski definition) is 3. The molecule has 21 heavy (non-hydrogen) atoms. The zero-order chi connectivity index (χ0) is 14.9. The van der Waals surface area contributed by atoms with Crippen molar-refractivity contribution in [3.05, 3.63) is 35.9 Å². The van der Waals surface area contributed by atoms with Crippen LogP contribution in [-0.2, 0) is 0 Å². The minimum absolute atomic E-state index is 0.517. The number of hydrogen-bond donors (Lipinski definition) is 1. The summed E-state index contributed by atoms with van der Waals surface area (Å²) in [5.74, 6) is 1.84. The predicted octanol–water partition coefficient (Wildman–Crippen LogP) is 2.94. The molecular weight excluding hydrogens is 262 g/mol. The molecule has 1 spiro atoms. The van der Waals surface area contributed by atoms with Gasteiger partial charge in [-0.05, 0) is 56.7 Å². The minimum atomic E-state index is 0.517. The van der Waals surface area contributed by atoms with E-state index in [0.717, 1.165) is 35.9 Å². The molecule has 4 nitrogen and oxygen atoms in total. The molecule has 2 saturated heterocycles. The molecule has 4 heteroatoms. The van der Waals surface area contributed by atoms with Crippen molar-refractivity contribution in [1.29, 1.82) is 0 Å². The average Bonchev–Trinajstić information content (AvgIpc) is 3.07. The standard InChI is InChI=1S/C17H25N3O/c1-13(2)19-16(15-14(3)4-11-21-15)20-9-6-17(7-10-20)5-8-18-12-17/h4,11,18H,1,5-10,12H2,2-3H3/b19-16+. The van der Waals surface area contributed by atoms with Crippen LogP contribution < -0.4 is 5.32 Å². The van der Waals surface area contributed by atoms with Gasteiger partial charge in [0.05, 0.1) is 6.26 Å². The first-order chi connectivity index (χ1) is 10.1. The van der Waals surface area contributed by atoms with Gasteiger partial charge in [-0.3, -0.25) is 0 Å². The van der Waals surface area contributed by atoms with Gasteiger partial charge >= 0.3 is 0 Å². The number of furan rings is 1. The number of aryl methyl sites for hydroxylation is 1. The molecule has 2 aliphatic heterocycles. The van der Waals surface area contributed by atoms with Gasteiger partial charge in [0.1, 0.15) is 0 Å². The van der Waals surface area contributed by atoms with Crippen LogP contribution in [0.25, 0.3) is 0 Å². The maximum atomic E-state index is 5.67. The van der Waals surface area contributed by atoms with Gasteiger partial charge in [0.25, 0.3) is 0 Å². The highest BCUT2D eigenvalue weighted by atomic mass is 16.3. The highest BCUT2D eigenvalue weighted by molar-refractivity contribution is 5.98. The van der Waals surface area contributed by atoms with Crippen LogP contribution in [0.2, 0.25) is 0 Å². The van der Waals surface area contributed by atoms with E-state index in [1.165, 1.54) is 32.4 Å². The van der Waals surface area contributed by atoms with Crippen LogP contribution in [0, 0.1) is 12.3 Å². The number of rotatable bonds is 2. The van der Waals surface area contributed by atoms with E-state index < -0.39 is 0 Å². The molecule has 0 radical (unpaired) electrons. The zero-order valence-electron chi connectivity index (χ0n) is 13.1. The molecule has 0 aliphatic carbocycles. The Kier molecular flexibility index (Phi) is 3.89. The van der Waals surface area contributed by atoms with Crippen molar-refractivity contribution >= 4 is 5.84 Å². The average molecular weight is 287 g/mol. The Morgan fingerprint density at radius 2 is 2.14 bits per heavy atom. The number of piperidine rings is 1. The van der Waals surface area contributed by atoms with Gasteiger partial charge in [-0.25, -0.2) is 4.99 Å². The Labute approximate surface area is 126 Å². The lowest BCUT2D eigenvalue weighted by atomic mass is 9.78. The second-order valence-corrected chi connectivity index (χ2v) is 6.52. The smallest absolute Gasteiger partial charge is 0.172 e. The fourth-order valence-electron chi connectivity index (χ4n) is 3.46. The number of aliphatic imine (C=N–C) groups is 1. The Bertz CT molecular complexity index is 542. The van der Waals surface area contributed by atoms with Crippen LogP contribution in [0.3, 0.4) is 0 Å². The van der Waals surface area contributed by atoms with Crippen LogP contribution in [0.4, 0.5) is 0 Å². The minimum Gasteiger partial charge on any atom is -0.461 e. The topological polar surface area (TPSA) is 40.8 Å². The first-order valence-corrected chi connectivity index (χ1v) is 7.84. The Morgan fingerprint density at radius 1 is 1.38 bits per heavy atom. The van der Waals surface area contributed by atoms with Crippen molar-refractivity contribution in [1.82, 2.24) is 10.2 Å². The van der Waals surface area contributed by atoms with Crippen molar-refractivity contribution in [2.45, 2.75) is 33.1 Å². The lowest BCUT2D eigenvalue weighted by Gasteiger charge is -2.40. The summed E-state index contributed by atoms with van der Waals surface area (Å²) in [5, 5.41) is 3.51. The largest absolute Gasteiger partial charge is 0.461 e. The van der Waals surface area contributed by atoms with Gasteiger partial charge in [-0.15, -0.1) is 0 Å². The van der Waals surface area contributed by atoms with Crippen molar-refractivity contribution in [2.75, 3.05) is 26.2 Å². The molecule has 2 fully saturated rings. The number of likely N-dealkylation sites (tertiary alicyclic amines) is 1. The summed E-state index contributed by atoms with van der Waals surface area (Å²) in [6.45, 7) is 12.4. The van der Waals surface area contributed by atoms with Crippen molar-refractivity contribution in [3.8, 4) is 0 Å². The number of amidine groups is 1. The van der Waals surface area contributed by atoms with Crippen LogP contribution >= 0.6 is 0 Å². The summed E-state index contributed by atoms with van der Waals surface area (Å²) in [6, 6.07) is 2.00. The molecule has 1 N–H and O–H groups in total. The summed E-state index contributed by atoms with van der Waals surface area (Å²) in [4.78, 5) is 7.02. The SMILES string of the molecule is C=C(C)/N=C(\c1occc1C)N1CCC2(CCNC2)CC1. The van der Waals surface area contributed by atoms with Crippen molar-refractivity contribution < 1.29 is 4.42 Å². The van der Waals surface area contributed by atoms with E-state index in [9.17, 15) is 0 Å². The van der Waals surface area contributed by atoms with E-state index in [0.29, 0.717) is 5.41 Å². The third-order valence-electron chi connectivity index (χ3n) is 4.82. The molecule has 1 aromatic rings. The van der Waals surface area contributed by atoms with Gasteiger partial charge in [-0.2, -0.15) is 0 Å². The Morgan fingerprint density at radius 3 is 2.67 bits per heavy atom. The molecule has 0 saturated carbocycles. The van der Waals surface area contributed by atoms with Gasteiger partial charge in [0, 0.05) is 25.3 Å². The number of nitrogens with one attached hydrogen (secondary N) is 1. The summed E-state index contributed by atoms with van der Waals surface area (Å²) in [7, 11) is 0. The van der Waals surface area contributed by atoms with Crippen LogP contribution in [0.15, 0.2) is 34.0 Å². The highest BCUT2D eigenvalue weighted by Gasteiger charge is 2.38. The highest BCUT2D eigenvalue weighted by Crippen LogP contribution is 2.37. The van der Waals surface area contributed by atoms with Crippen LogP contribution in [-0.4, -0.2) is 36.9 Å². The molecular formula is C17H25N3O. The van der Waals surface area contributed by atoms with Crippen molar-refractivity contribution in [3.63, 3.8) is 0 Å². The first kappa shape index (κ1) is 14.4. The molecule has 0 amide bonds. The van der Waals surface area contributed by atoms with Crippen molar-refractivity contribution in [2.24, 2.45) is 10.4 Å². The zero-order valence-corrected chi connectivity index (χ0v) is 13.1. The molecule has 2 aliphatic rings. The van der Waals surface area contributed by atoms with E-state index in [-0.39, 0.29) is 0 Å². The van der Waals surface area contributed by atoms with E-state index in [1.807, 2.05) is 13.0 Å².